The molecule has 3 heteroatoms. The lowest BCUT2D eigenvalue weighted by atomic mass is 9.98. The second-order valence-corrected chi connectivity index (χ2v) is 5.82. The molecule has 0 unspecified atom stereocenters. The number of hydrogen-bond acceptors (Lipinski definition) is 3. The number of methoxy groups -OCH3 is 1. The molecule has 3 nitrogen and oxygen atoms in total. The van der Waals surface area contributed by atoms with Gasteiger partial charge in [0.25, 0.3) is 0 Å². The second kappa shape index (κ2) is 6.29. The highest BCUT2D eigenvalue weighted by Gasteiger charge is 2.12. The molecule has 4 rings (SSSR count). The predicted octanol–water partition coefficient (Wildman–Crippen LogP) is 5.28. The third kappa shape index (κ3) is 2.81. The van der Waals surface area contributed by atoms with Crippen molar-refractivity contribution in [3.05, 3.63) is 78.9 Å². The summed E-state index contributed by atoms with van der Waals surface area (Å²) in [5, 5.41) is 11.2. The summed E-state index contributed by atoms with van der Waals surface area (Å²) in [5.41, 5.74) is 4.48. The Morgan fingerprint density at radius 1 is 0.800 bits per heavy atom. The smallest absolute Gasteiger partial charge is 0.124 e. The van der Waals surface area contributed by atoms with Crippen molar-refractivity contribution in [3.63, 3.8) is 0 Å². The highest BCUT2D eigenvalue weighted by atomic mass is 16.5. The van der Waals surface area contributed by atoms with Gasteiger partial charge in [-0.2, -0.15) is 0 Å². The van der Waals surface area contributed by atoms with Gasteiger partial charge in [0.15, 0.2) is 0 Å². The van der Waals surface area contributed by atoms with Crippen molar-refractivity contribution < 1.29 is 9.84 Å². The summed E-state index contributed by atoms with van der Waals surface area (Å²) in [6.45, 7) is 0. The fourth-order valence-corrected chi connectivity index (χ4v) is 3.02. The van der Waals surface area contributed by atoms with Gasteiger partial charge in [-0.25, -0.2) is 4.98 Å². The Hall–Kier alpha value is -3.33. The molecular weight excluding hydrogens is 310 g/mol. The van der Waals surface area contributed by atoms with Crippen LogP contribution in [0.3, 0.4) is 0 Å². The monoisotopic (exact) mass is 327 g/mol. The van der Waals surface area contributed by atoms with Crippen molar-refractivity contribution in [2.45, 2.75) is 0 Å². The molecule has 0 spiro atoms. The SMILES string of the molecule is COc1ccc2nc(-c3ccccc3O)cc(-c3ccccc3)c2c1. The highest BCUT2D eigenvalue weighted by molar-refractivity contribution is 5.97. The van der Waals surface area contributed by atoms with Crippen LogP contribution in [-0.4, -0.2) is 17.2 Å². The number of hydrogen-bond donors (Lipinski definition) is 1. The Labute approximate surface area is 146 Å². The predicted molar refractivity (Wildman–Crippen MR) is 101 cm³/mol. The van der Waals surface area contributed by atoms with E-state index in [2.05, 4.69) is 12.1 Å². The van der Waals surface area contributed by atoms with Gasteiger partial charge in [-0.3, -0.25) is 0 Å². The van der Waals surface area contributed by atoms with E-state index >= 15 is 0 Å². The number of ether oxygens (including phenoxy) is 1. The van der Waals surface area contributed by atoms with E-state index in [0.717, 1.165) is 39.0 Å². The van der Waals surface area contributed by atoms with Crippen LogP contribution in [0.25, 0.3) is 33.3 Å². The number of pyridine rings is 1. The molecule has 0 bridgehead atoms. The average Bonchev–Trinajstić information content (AvgIpc) is 2.68. The molecule has 0 saturated carbocycles. The average molecular weight is 327 g/mol. The van der Waals surface area contributed by atoms with E-state index in [0.29, 0.717) is 0 Å². The Balaban J connectivity index is 2.03. The maximum Gasteiger partial charge on any atom is 0.124 e. The molecule has 122 valence electrons. The first-order valence-corrected chi connectivity index (χ1v) is 8.09. The molecule has 0 atom stereocenters. The molecule has 3 aromatic carbocycles. The first-order chi connectivity index (χ1) is 12.3. The number of aromatic hydroxyl groups is 1. The fraction of sp³-hybridized carbons (Fsp3) is 0.0455. The molecular formula is C22H17NO2. The Bertz CT molecular complexity index is 1040. The zero-order valence-corrected chi connectivity index (χ0v) is 13.8. The number of phenols is 1. The van der Waals surface area contributed by atoms with Gasteiger partial charge in [-0.1, -0.05) is 42.5 Å². The zero-order chi connectivity index (χ0) is 17.2. The number of fused-ring (bicyclic) bond motifs is 1. The molecule has 0 fully saturated rings. The molecule has 4 aromatic rings. The molecule has 0 aliphatic heterocycles. The van der Waals surface area contributed by atoms with Crippen LogP contribution < -0.4 is 4.74 Å². The van der Waals surface area contributed by atoms with E-state index in [1.807, 2.05) is 60.7 Å². The van der Waals surface area contributed by atoms with Crippen molar-refractivity contribution in [2.24, 2.45) is 0 Å². The molecule has 1 aromatic heterocycles. The van der Waals surface area contributed by atoms with E-state index in [9.17, 15) is 5.11 Å². The van der Waals surface area contributed by atoms with Crippen LogP contribution in [0.1, 0.15) is 0 Å². The topological polar surface area (TPSA) is 42.4 Å². The largest absolute Gasteiger partial charge is 0.507 e. The van der Waals surface area contributed by atoms with E-state index in [-0.39, 0.29) is 5.75 Å². The number of para-hydroxylation sites is 1. The maximum atomic E-state index is 10.2. The summed E-state index contributed by atoms with van der Waals surface area (Å²) in [4.78, 5) is 4.75. The van der Waals surface area contributed by atoms with Crippen molar-refractivity contribution in [1.29, 1.82) is 0 Å². The van der Waals surface area contributed by atoms with Gasteiger partial charge in [0, 0.05) is 10.9 Å². The number of nitrogens with zero attached hydrogens (tertiary/aromatic N) is 1. The third-order valence-corrected chi connectivity index (χ3v) is 4.28. The summed E-state index contributed by atoms with van der Waals surface area (Å²) in [5.74, 6) is 1.02. The van der Waals surface area contributed by atoms with Gasteiger partial charge in [-0.05, 0) is 47.5 Å². The van der Waals surface area contributed by atoms with Crippen LogP contribution in [0.2, 0.25) is 0 Å². The lowest BCUT2D eigenvalue weighted by molar-refractivity contribution is 0.415. The molecule has 1 N–H and O–H groups in total. The quantitative estimate of drug-likeness (QED) is 0.556. The Morgan fingerprint density at radius 2 is 1.56 bits per heavy atom. The molecule has 25 heavy (non-hydrogen) atoms. The summed E-state index contributed by atoms with van der Waals surface area (Å²) in [6.07, 6.45) is 0. The van der Waals surface area contributed by atoms with Crippen molar-refractivity contribution in [2.75, 3.05) is 7.11 Å². The van der Waals surface area contributed by atoms with Crippen molar-refractivity contribution >= 4 is 10.9 Å². The van der Waals surface area contributed by atoms with Gasteiger partial charge < -0.3 is 9.84 Å². The van der Waals surface area contributed by atoms with Crippen LogP contribution in [-0.2, 0) is 0 Å². The standard InChI is InChI=1S/C22H17NO2/c1-25-16-11-12-20-19(13-16)18(15-7-3-2-4-8-15)14-21(23-20)17-9-5-6-10-22(17)24/h2-14,24H,1H3. The molecule has 0 aliphatic rings. The first-order valence-electron chi connectivity index (χ1n) is 8.09. The van der Waals surface area contributed by atoms with Crippen LogP contribution in [0, 0.1) is 0 Å². The van der Waals surface area contributed by atoms with Gasteiger partial charge in [-0.15, -0.1) is 0 Å². The molecule has 0 amide bonds. The zero-order valence-electron chi connectivity index (χ0n) is 13.8. The third-order valence-electron chi connectivity index (χ3n) is 4.28. The minimum Gasteiger partial charge on any atom is -0.507 e. The van der Waals surface area contributed by atoms with Crippen LogP contribution in [0.4, 0.5) is 0 Å². The second-order valence-electron chi connectivity index (χ2n) is 5.82. The fourth-order valence-electron chi connectivity index (χ4n) is 3.02. The minimum absolute atomic E-state index is 0.224. The number of benzene rings is 3. The molecule has 0 saturated heterocycles. The molecule has 0 aliphatic carbocycles. The minimum atomic E-state index is 0.224. The van der Waals surface area contributed by atoms with Gasteiger partial charge in [0.05, 0.1) is 18.3 Å². The van der Waals surface area contributed by atoms with E-state index in [1.54, 1.807) is 13.2 Å². The lowest BCUT2D eigenvalue weighted by Crippen LogP contribution is -1.91. The molecule has 1 heterocycles. The number of phenolic OH excluding ortho intramolecular Hbond substituents is 1. The normalized spacial score (nSPS) is 10.8. The van der Waals surface area contributed by atoms with E-state index in [1.165, 1.54) is 0 Å². The summed E-state index contributed by atoms with van der Waals surface area (Å²) >= 11 is 0. The van der Waals surface area contributed by atoms with Crippen LogP contribution in [0.15, 0.2) is 78.9 Å². The summed E-state index contributed by atoms with van der Waals surface area (Å²) in [7, 11) is 1.66. The highest BCUT2D eigenvalue weighted by Crippen LogP contribution is 2.36. The van der Waals surface area contributed by atoms with Gasteiger partial charge >= 0.3 is 0 Å². The Morgan fingerprint density at radius 3 is 2.32 bits per heavy atom. The lowest BCUT2D eigenvalue weighted by Gasteiger charge is -2.12. The summed E-state index contributed by atoms with van der Waals surface area (Å²) in [6, 6.07) is 25.3. The van der Waals surface area contributed by atoms with Gasteiger partial charge in [0.2, 0.25) is 0 Å². The maximum absolute atomic E-state index is 10.2. The van der Waals surface area contributed by atoms with Crippen molar-refractivity contribution in [3.8, 4) is 33.9 Å². The first kappa shape index (κ1) is 15.2. The Kier molecular flexibility index (Phi) is 3.82. The molecule has 0 radical (unpaired) electrons. The number of rotatable bonds is 3. The summed E-state index contributed by atoms with van der Waals surface area (Å²) < 4.78 is 5.38. The van der Waals surface area contributed by atoms with Gasteiger partial charge in [0.1, 0.15) is 11.5 Å². The van der Waals surface area contributed by atoms with E-state index in [4.69, 9.17) is 9.72 Å². The van der Waals surface area contributed by atoms with Crippen LogP contribution in [0.5, 0.6) is 11.5 Å². The van der Waals surface area contributed by atoms with E-state index < -0.39 is 0 Å². The van der Waals surface area contributed by atoms with Crippen molar-refractivity contribution in [1.82, 2.24) is 4.98 Å². The number of aromatic nitrogens is 1. The van der Waals surface area contributed by atoms with Crippen LogP contribution >= 0.6 is 0 Å².